The fourth-order valence-corrected chi connectivity index (χ4v) is 5.78. The van der Waals surface area contributed by atoms with Crippen molar-refractivity contribution < 1.29 is 14.3 Å². The molecule has 2 aromatic heterocycles. The van der Waals surface area contributed by atoms with Crippen molar-refractivity contribution in [1.29, 1.82) is 0 Å². The molecule has 0 saturated carbocycles. The molecule has 6 rings (SSSR count). The highest BCUT2D eigenvalue weighted by Gasteiger charge is 2.44. The molecule has 0 unspecified atom stereocenters. The number of fused-ring (bicyclic) bond motifs is 3. The molecule has 9 nitrogen and oxygen atoms in total. The molecule has 9 heteroatoms. The number of carbonyl (C=O) groups excluding carboxylic acids is 2. The van der Waals surface area contributed by atoms with Crippen LogP contribution in [-0.4, -0.2) is 74.8 Å². The number of amides is 2. The summed E-state index contributed by atoms with van der Waals surface area (Å²) < 4.78 is 5.73. The summed E-state index contributed by atoms with van der Waals surface area (Å²) in [6, 6.07) is 9.69. The van der Waals surface area contributed by atoms with E-state index in [1.165, 1.54) is 0 Å². The lowest BCUT2D eigenvalue weighted by molar-refractivity contribution is -0.135. The number of ether oxygens (including phenoxy) is 1. The van der Waals surface area contributed by atoms with Crippen LogP contribution >= 0.6 is 0 Å². The van der Waals surface area contributed by atoms with Crippen LogP contribution in [0, 0.1) is 17.8 Å². The molecule has 4 heterocycles. The third-order valence-corrected chi connectivity index (χ3v) is 7.53. The first kappa shape index (κ1) is 21.1. The zero-order valence-electron chi connectivity index (χ0n) is 19.2. The molecule has 1 aliphatic carbocycles. The predicted molar refractivity (Wildman–Crippen MR) is 124 cm³/mol. The van der Waals surface area contributed by atoms with Crippen LogP contribution in [0.15, 0.2) is 30.3 Å². The first-order valence-corrected chi connectivity index (χ1v) is 12.1. The van der Waals surface area contributed by atoms with Gasteiger partial charge >= 0.3 is 0 Å². The van der Waals surface area contributed by atoms with E-state index in [2.05, 4.69) is 20.4 Å². The number of hydrogen-bond acceptors (Lipinski definition) is 6. The maximum absolute atomic E-state index is 13.3. The van der Waals surface area contributed by atoms with Crippen LogP contribution in [-0.2, 0) is 17.6 Å². The van der Waals surface area contributed by atoms with E-state index in [1.807, 2.05) is 47.1 Å². The van der Waals surface area contributed by atoms with Crippen LogP contribution in [0.4, 0.5) is 0 Å². The van der Waals surface area contributed by atoms with Crippen LogP contribution in [0.2, 0.25) is 0 Å². The first-order valence-electron chi connectivity index (χ1n) is 12.1. The van der Waals surface area contributed by atoms with E-state index in [-0.39, 0.29) is 17.7 Å². The highest BCUT2D eigenvalue weighted by molar-refractivity contribution is 5.98. The Morgan fingerprint density at radius 1 is 1.12 bits per heavy atom. The molecule has 0 radical (unpaired) electrons. The van der Waals surface area contributed by atoms with Gasteiger partial charge in [0.05, 0.1) is 18.0 Å². The molecule has 2 saturated heterocycles. The molecule has 2 fully saturated rings. The molecule has 0 bridgehead atoms. The SMILES string of the molecule is CCOc1nc(C(=O)N2C[C@@H]3CN(C(=O)[C@@H]4CCc5[nH]nnc5C4)C[C@H]3C2)cc2ccccc12. The van der Waals surface area contributed by atoms with Crippen LogP contribution in [0.3, 0.4) is 0 Å². The number of aromatic nitrogens is 4. The van der Waals surface area contributed by atoms with Gasteiger partial charge in [-0.15, -0.1) is 5.10 Å². The summed E-state index contributed by atoms with van der Waals surface area (Å²) in [5.41, 5.74) is 2.40. The molecule has 0 spiro atoms. The number of benzene rings is 1. The Morgan fingerprint density at radius 2 is 1.88 bits per heavy atom. The lowest BCUT2D eigenvalue weighted by Gasteiger charge is -2.27. The smallest absolute Gasteiger partial charge is 0.272 e. The van der Waals surface area contributed by atoms with E-state index in [9.17, 15) is 9.59 Å². The number of aromatic amines is 1. The highest BCUT2D eigenvalue weighted by atomic mass is 16.5. The van der Waals surface area contributed by atoms with Gasteiger partial charge in [-0.2, -0.15) is 0 Å². The third kappa shape index (κ3) is 3.59. The van der Waals surface area contributed by atoms with Crippen molar-refractivity contribution in [1.82, 2.24) is 30.2 Å². The van der Waals surface area contributed by atoms with Crippen molar-refractivity contribution in [3.8, 4) is 5.88 Å². The van der Waals surface area contributed by atoms with Crippen LogP contribution < -0.4 is 4.74 Å². The highest BCUT2D eigenvalue weighted by Crippen LogP contribution is 2.35. The third-order valence-electron chi connectivity index (χ3n) is 7.53. The molecule has 176 valence electrons. The monoisotopic (exact) mass is 460 g/mol. The Hall–Kier alpha value is -3.49. The molecule has 34 heavy (non-hydrogen) atoms. The number of rotatable bonds is 4. The van der Waals surface area contributed by atoms with Gasteiger partial charge in [0.25, 0.3) is 5.91 Å². The minimum atomic E-state index is -0.0650. The molecule has 3 aromatic rings. The quantitative estimate of drug-likeness (QED) is 0.639. The van der Waals surface area contributed by atoms with Crippen LogP contribution in [0.5, 0.6) is 5.88 Å². The minimum Gasteiger partial charge on any atom is -0.478 e. The fraction of sp³-hybridized carbons (Fsp3) is 0.480. The topological polar surface area (TPSA) is 104 Å². The fourth-order valence-electron chi connectivity index (χ4n) is 5.78. The van der Waals surface area contributed by atoms with E-state index < -0.39 is 0 Å². The summed E-state index contributed by atoms with van der Waals surface area (Å²) in [4.78, 5) is 35.0. The summed E-state index contributed by atoms with van der Waals surface area (Å²) in [6.07, 6.45) is 2.32. The zero-order valence-corrected chi connectivity index (χ0v) is 19.2. The van der Waals surface area contributed by atoms with Crippen LogP contribution in [0.25, 0.3) is 10.8 Å². The van der Waals surface area contributed by atoms with Crippen molar-refractivity contribution in [2.45, 2.75) is 26.2 Å². The number of carbonyl (C=O) groups is 2. The molecule has 1 aromatic carbocycles. The van der Waals surface area contributed by atoms with Gasteiger partial charge in [0.15, 0.2) is 0 Å². The largest absolute Gasteiger partial charge is 0.478 e. The Balaban J connectivity index is 1.13. The van der Waals surface area contributed by atoms with E-state index in [4.69, 9.17) is 4.74 Å². The van der Waals surface area contributed by atoms with Gasteiger partial charge in [-0.3, -0.25) is 14.7 Å². The second-order valence-electron chi connectivity index (χ2n) is 9.62. The molecular weight excluding hydrogens is 432 g/mol. The number of nitrogens with zero attached hydrogens (tertiary/aromatic N) is 5. The average molecular weight is 461 g/mol. The maximum Gasteiger partial charge on any atom is 0.272 e. The number of likely N-dealkylation sites (tertiary alicyclic amines) is 2. The maximum atomic E-state index is 13.3. The second-order valence-corrected chi connectivity index (χ2v) is 9.62. The number of aryl methyl sites for hydroxylation is 1. The molecular formula is C25H28N6O3. The van der Waals surface area contributed by atoms with Crippen molar-refractivity contribution in [2.75, 3.05) is 32.8 Å². The van der Waals surface area contributed by atoms with E-state index in [0.29, 0.717) is 62.6 Å². The standard InChI is InChI=1S/C25H28N6O3/c1-2-34-23-19-6-4-3-5-15(19)9-22(26-23)25(33)31-13-17-11-30(12-18(17)14-31)24(32)16-7-8-20-21(10-16)28-29-27-20/h3-6,9,16-18H,2,7-8,10-14H2,1H3,(H,27,28,29)/t16-,17+,18+/m1/s1. The predicted octanol–water partition coefficient (Wildman–Crippen LogP) is 2.09. The van der Waals surface area contributed by atoms with Gasteiger partial charge < -0.3 is 14.5 Å². The van der Waals surface area contributed by atoms with Gasteiger partial charge in [0, 0.05) is 55.7 Å². The molecule has 2 aliphatic heterocycles. The number of nitrogens with one attached hydrogen (secondary N) is 1. The minimum absolute atomic E-state index is 0.0204. The van der Waals surface area contributed by atoms with Crippen molar-refractivity contribution in [2.24, 2.45) is 17.8 Å². The van der Waals surface area contributed by atoms with Gasteiger partial charge in [0.2, 0.25) is 11.8 Å². The summed E-state index contributed by atoms with van der Waals surface area (Å²) in [7, 11) is 0. The summed E-state index contributed by atoms with van der Waals surface area (Å²) in [6.45, 7) is 5.15. The Kier molecular flexibility index (Phi) is 5.19. The van der Waals surface area contributed by atoms with E-state index in [0.717, 1.165) is 35.0 Å². The van der Waals surface area contributed by atoms with E-state index >= 15 is 0 Å². The first-order chi connectivity index (χ1) is 16.6. The van der Waals surface area contributed by atoms with Gasteiger partial charge in [-0.1, -0.05) is 23.4 Å². The Morgan fingerprint density at radius 3 is 2.68 bits per heavy atom. The number of H-pyrrole nitrogens is 1. The molecule has 1 N–H and O–H groups in total. The Bertz CT molecular complexity index is 1240. The average Bonchev–Trinajstić information content (AvgIpc) is 3.57. The summed E-state index contributed by atoms with van der Waals surface area (Å²) >= 11 is 0. The second kappa shape index (κ2) is 8.38. The van der Waals surface area contributed by atoms with Crippen molar-refractivity contribution >= 4 is 22.6 Å². The molecule has 2 amide bonds. The summed E-state index contributed by atoms with van der Waals surface area (Å²) in [5, 5.41) is 12.8. The molecule has 3 atom stereocenters. The Labute approximate surface area is 197 Å². The lowest BCUT2D eigenvalue weighted by Crippen LogP contribution is -2.40. The van der Waals surface area contributed by atoms with Crippen molar-refractivity contribution in [3.63, 3.8) is 0 Å². The van der Waals surface area contributed by atoms with Crippen LogP contribution in [0.1, 0.15) is 35.2 Å². The summed E-state index contributed by atoms with van der Waals surface area (Å²) in [5.74, 6) is 1.26. The normalized spacial score (nSPS) is 23.7. The number of hydrogen-bond donors (Lipinski definition) is 1. The zero-order chi connectivity index (χ0) is 23.2. The van der Waals surface area contributed by atoms with E-state index in [1.54, 1.807) is 0 Å². The number of pyridine rings is 1. The van der Waals surface area contributed by atoms with Gasteiger partial charge in [-0.05, 0) is 37.3 Å². The van der Waals surface area contributed by atoms with Gasteiger partial charge in [0.1, 0.15) is 5.69 Å². The van der Waals surface area contributed by atoms with Gasteiger partial charge in [-0.25, -0.2) is 4.98 Å². The van der Waals surface area contributed by atoms with Crippen molar-refractivity contribution in [3.05, 3.63) is 47.4 Å². The molecule has 3 aliphatic rings. The lowest BCUT2D eigenvalue weighted by atomic mass is 9.89.